The second kappa shape index (κ2) is 10.5. The second-order valence-corrected chi connectivity index (χ2v) is 13.9. The lowest BCUT2D eigenvalue weighted by Crippen LogP contribution is -2.59. The van der Waals surface area contributed by atoms with Crippen LogP contribution in [0.3, 0.4) is 0 Å². The zero-order chi connectivity index (χ0) is 28.2. The van der Waals surface area contributed by atoms with Crippen LogP contribution in [0, 0.1) is 0 Å². The normalized spacial score (nSPS) is 22.9. The molecule has 40 heavy (non-hydrogen) atoms. The van der Waals surface area contributed by atoms with Gasteiger partial charge in [0, 0.05) is 57.0 Å². The van der Waals surface area contributed by atoms with Gasteiger partial charge in [-0.3, -0.25) is 4.40 Å². The fourth-order valence-corrected chi connectivity index (χ4v) is 7.52. The van der Waals surface area contributed by atoms with E-state index < -0.39 is 22.0 Å². The summed E-state index contributed by atoms with van der Waals surface area (Å²) in [5.41, 5.74) is 1.97. The van der Waals surface area contributed by atoms with Gasteiger partial charge in [0.05, 0.1) is 24.6 Å². The van der Waals surface area contributed by atoms with E-state index in [-0.39, 0.29) is 27.9 Å². The van der Waals surface area contributed by atoms with E-state index in [2.05, 4.69) is 25.1 Å². The van der Waals surface area contributed by atoms with Crippen molar-refractivity contribution < 1.29 is 26.7 Å². The van der Waals surface area contributed by atoms with E-state index in [0.717, 1.165) is 42.7 Å². The van der Waals surface area contributed by atoms with Crippen molar-refractivity contribution >= 4 is 32.7 Å². The number of anilines is 1. The van der Waals surface area contributed by atoms with Crippen LogP contribution in [0.25, 0.3) is 16.3 Å². The molecule has 2 saturated carbocycles. The summed E-state index contributed by atoms with van der Waals surface area (Å²) in [4.78, 5) is 7.19. The van der Waals surface area contributed by atoms with E-state index in [0.29, 0.717) is 48.3 Å². The Bertz CT molecular complexity index is 1490. The van der Waals surface area contributed by atoms with E-state index in [1.165, 1.54) is 6.20 Å². The van der Waals surface area contributed by atoms with Crippen molar-refractivity contribution in [3.05, 3.63) is 23.0 Å². The third-order valence-corrected chi connectivity index (χ3v) is 10.2. The Hall–Kier alpha value is -2.30. The number of ether oxygens (including phenoxy) is 2. The van der Waals surface area contributed by atoms with E-state index in [1.807, 2.05) is 6.92 Å². The SMILES string of the molecule is COC[C@H]1CN(c2cc(S(=O)(=O)NC3(C)CC3)cn3c(-c4nnc(C(F)F)s4)c(C4CC4)nc23)C[C@H](COC)N1. The maximum absolute atomic E-state index is 13.7. The Morgan fingerprint density at radius 2 is 1.85 bits per heavy atom. The Labute approximate surface area is 235 Å². The van der Waals surface area contributed by atoms with Crippen molar-refractivity contribution in [2.45, 2.75) is 67.5 Å². The molecule has 0 bridgehead atoms. The number of fused-ring (bicyclic) bond motifs is 1. The van der Waals surface area contributed by atoms with Crippen molar-refractivity contribution in [2.75, 3.05) is 45.4 Å². The quantitative estimate of drug-likeness (QED) is 0.344. The van der Waals surface area contributed by atoms with E-state index in [1.54, 1.807) is 24.7 Å². The van der Waals surface area contributed by atoms with Gasteiger partial charge in [-0.25, -0.2) is 26.9 Å². The van der Waals surface area contributed by atoms with Crippen molar-refractivity contribution in [1.29, 1.82) is 0 Å². The zero-order valence-corrected chi connectivity index (χ0v) is 24.2. The molecule has 3 fully saturated rings. The number of aromatic nitrogens is 4. The van der Waals surface area contributed by atoms with Crippen LogP contribution in [0.4, 0.5) is 14.5 Å². The fourth-order valence-electron chi connectivity index (χ4n) is 5.29. The zero-order valence-electron chi connectivity index (χ0n) is 22.6. The molecule has 0 amide bonds. The Kier molecular flexibility index (Phi) is 7.32. The lowest BCUT2D eigenvalue weighted by molar-refractivity contribution is 0.121. The maximum atomic E-state index is 13.7. The molecular weight excluding hydrogens is 564 g/mol. The molecule has 3 aromatic heterocycles. The molecule has 6 rings (SSSR count). The minimum absolute atomic E-state index is 0.0307. The Balaban J connectivity index is 1.54. The molecule has 1 aliphatic heterocycles. The first-order valence-electron chi connectivity index (χ1n) is 13.3. The van der Waals surface area contributed by atoms with Gasteiger partial charge in [-0.1, -0.05) is 11.3 Å². The van der Waals surface area contributed by atoms with Crippen LogP contribution in [-0.4, -0.2) is 86.1 Å². The molecular formula is C25H33F2N7O4S2. The minimum Gasteiger partial charge on any atom is -0.383 e. The lowest BCUT2D eigenvalue weighted by Gasteiger charge is -2.40. The highest BCUT2D eigenvalue weighted by Crippen LogP contribution is 2.46. The highest BCUT2D eigenvalue weighted by molar-refractivity contribution is 7.89. The molecule has 4 heterocycles. The largest absolute Gasteiger partial charge is 0.383 e. The topological polar surface area (TPSA) is 123 Å². The number of rotatable bonds is 11. The van der Waals surface area contributed by atoms with Crippen LogP contribution < -0.4 is 14.9 Å². The molecule has 15 heteroatoms. The van der Waals surface area contributed by atoms with Gasteiger partial charge in [0.15, 0.2) is 15.7 Å². The van der Waals surface area contributed by atoms with E-state index in [9.17, 15) is 17.2 Å². The molecule has 218 valence electrons. The van der Waals surface area contributed by atoms with Gasteiger partial charge in [-0.05, 0) is 38.7 Å². The van der Waals surface area contributed by atoms with Crippen LogP contribution in [0.1, 0.15) is 55.7 Å². The van der Waals surface area contributed by atoms with Gasteiger partial charge in [-0.2, -0.15) is 0 Å². The summed E-state index contributed by atoms with van der Waals surface area (Å²) >= 11 is 0.807. The van der Waals surface area contributed by atoms with Crippen LogP contribution in [-0.2, 0) is 19.5 Å². The summed E-state index contributed by atoms with van der Waals surface area (Å²) in [5, 5.41) is 11.2. The number of nitrogens with one attached hydrogen (secondary N) is 2. The molecule has 11 nitrogen and oxygen atoms in total. The molecule has 2 atom stereocenters. The van der Waals surface area contributed by atoms with Gasteiger partial charge in [0.25, 0.3) is 6.43 Å². The van der Waals surface area contributed by atoms with Crippen molar-refractivity contribution in [3.63, 3.8) is 0 Å². The Morgan fingerprint density at radius 3 is 2.40 bits per heavy atom. The summed E-state index contributed by atoms with van der Waals surface area (Å²) in [6, 6.07) is 1.61. The number of sulfonamides is 1. The first-order chi connectivity index (χ1) is 19.1. The van der Waals surface area contributed by atoms with E-state index >= 15 is 0 Å². The number of hydrogen-bond acceptors (Lipinski definition) is 10. The van der Waals surface area contributed by atoms with Crippen molar-refractivity contribution in [2.24, 2.45) is 0 Å². The molecule has 3 aliphatic rings. The van der Waals surface area contributed by atoms with Crippen molar-refractivity contribution in [1.82, 2.24) is 29.6 Å². The van der Waals surface area contributed by atoms with Crippen LogP contribution in [0.15, 0.2) is 17.2 Å². The second-order valence-electron chi connectivity index (χ2n) is 11.2. The number of pyridine rings is 1. The van der Waals surface area contributed by atoms with Gasteiger partial charge in [-0.15, -0.1) is 10.2 Å². The summed E-state index contributed by atoms with van der Waals surface area (Å²) in [6.07, 6.45) is 2.14. The van der Waals surface area contributed by atoms with Gasteiger partial charge >= 0.3 is 0 Å². The smallest absolute Gasteiger partial charge is 0.291 e. The number of piperazine rings is 1. The first kappa shape index (κ1) is 27.8. The molecule has 1 saturated heterocycles. The molecule has 0 radical (unpaired) electrons. The summed E-state index contributed by atoms with van der Waals surface area (Å²) in [7, 11) is -0.623. The third-order valence-electron chi connectivity index (χ3n) is 7.62. The van der Waals surface area contributed by atoms with Gasteiger partial charge in [0.2, 0.25) is 10.0 Å². The number of imidazole rings is 1. The predicted octanol–water partition coefficient (Wildman–Crippen LogP) is 2.94. The maximum Gasteiger partial charge on any atom is 0.291 e. The van der Waals surface area contributed by atoms with Gasteiger partial charge < -0.3 is 19.7 Å². The molecule has 0 spiro atoms. The van der Waals surface area contributed by atoms with Gasteiger partial charge in [0.1, 0.15) is 10.6 Å². The number of hydrogen-bond donors (Lipinski definition) is 2. The average Bonchev–Trinajstić information content (AvgIpc) is 3.78. The van der Waals surface area contributed by atoms with E-state index in [4.69, 9.17) is 14.5 Å². The first-order valence-corrected chi connectivity index (χ1v) is 15.6. The number of alkyl halides is 2. The predicted molar refractivity (Wildman–Crippen MR) is 146 cm³/mol. The lowest BCUT2D eigenvalue weighted by atomic mass is 10.1. The molecule has 2 N–H and O–H groups in total. The number of methoxy groups -OCH3 is 2. The minimum atomic E-state index is -3.90. The Morgan fingerprint density at radius 1 is 1.18 bits per heavy atom. The van der Waals surface area contributed by atoms with Crippen LogP contribution >= 0.6 is 11.3 Å². The van der Waals surface area contributed by atoms with Crippen molar-refractivity contribution in [3.8, 4) is 10.7 Å². The average molecular weight is 598 g/mol. The summed E-state index contributed by atoms with van der Waals surface area (Å²) < 4.78 is 69.6. The monoisotopic (exact) mass is 597 g/mol. The number of nitrogens with zero attached hydrogens (tertiary/aromatic N) is 5. The molecule has 0 aromatic carbocycles. The highest BCUT2D eigenvalue weighted by atomic mass is 32.2. The number of halogens is 2. The fraction of sp³-hybridized carbons (Fsp3) is 0.640. The summed E-state index contributed by atoms with van der Waals surface area (Å²) in [6.45, 7) is 3.89. The standard InChI is InChI=1S/C25H33F2N7O4S2/c1-25(6-7-25)32-40(35,36)17-8-18(33-9-15(12-37-2)28-16(10-33)13-38-3)22-29-19(14-4-5-14)20(34(22)11-17)23-30-31-24(39-23)21(26)27/h8,11,14-16,21,28,32H,4-7,9-10,12-13H2,1-3H3/t15-,16-/m1/s1. The molecule has 2 aliphatic carbocycles. The summed E-state index contributed by atoms with van der Waals surface area (Å²) in [5.74, 6) is 0.149. The molecule has 3 aromatic rings. The van der Waals surface area contributed by atoms with Crippen LogP contribution in [0.5, 0.6) is 0 Å². The highest BCUT2D eigenvalue weighted by Gasteiger charge is 2.42. The third kappa shape index (κ3) is 5.46. The van der Waals surface area contributed by atoms with Crippen LogP contribution in [0.2, 0.25) is 0 Å². The molecule has 0 unspecified atom stereocenters.